The normalized spacial score (nSPS) is 14.6. The topological polar surface area (TPSA) is 87.8 Å². The minimum atomic E-state index is -4.14. The van der Waals surface area contributed by atoms with Crippen LogP contribution < -0.4 is 4.72 Å². The van der Waals surface area contributed by atoms with Gasteiger partial charge in [-0.25, -0.2) is 21.9 Å². The SMILES string of the molecule is Cc1cc2c(C#N)c(-c3ccc(S(=O)(=O)NC(CF)CF)cn3)n(C3CCC3)c2cc1Cl. The lowest BCUT2D eigenvalue weighted by atomic mass is 9.92. The Bertz CT molecular complexity index is 1310. The van der Waals surface area contributed by atoms with Gasteiger partial charge in [0.25, 0.3) is 0 Å². The smallest absolute Gasteiger partial charge is 0.242 e. The predicted octanol–water partition coefficient (Wildman–Crippen LogP) is 4.85. The van der Waals surface area contributed by atoms with Gasteiger partial charge in [0.05, 0.1) is 28.5 Å². The molecule has 6 nitrogen and oxygen atoms in total. The summed E-state index contributed by atoms with van der Waals surface area (Å²) in [4.78, 5) is 4.10. The highest BCUT2D eigenvalue weighted by atomic mass is 35.5. The number of nitrogens with one attached hydrogen (secondary N) is 1. The summed E-state index contributed by atoms with van der Waals surface area (Å²) in [5.74, 6) is 0. The summed E-state index contributed by atoms with van der Waals surface area (Å²) in [5, 5.41) is 11.3. The maximum absolute atomic E-state index is 12.8. The number of aromatic nitrogens is 2. The van der Waals surface area contributed by atoms with Gasteiger partial charge in [0, 0.05) is 22.6 Å². The van der Waals surface area contributed by atoms with E-state index < -0.39 is 29.4 Å². The Morgan fingerprint density at radius 2 is 2.03 bits per heavy atom. The fourth-order valence-corrected chi connectivity index (χ4v) is 5.20. The molecule has 0 bridgehead atoms. The van der Waals surface area contributed by atoms with Crippen LogP contribution in [0.4, 0.5) is 8.78 Å². The average molecular weight is 479 g/mol. The van der Waals surface area contributed by atoms with Gasteiger partial charge in [-0.3, -0.25) is 4.98 Å². The van der Waals surface area contributed by atoms with E-state index in [-0.39, 0.29) is 10.9 Å². The molecule has 1 aromatic carbocycles. The molecular weight excluding hydrogens is 458 g/mol. The molecule has 168 valence electrons. The molecule has 4 rings (SSSR count). The van der Waals surface area contributed by atoms with E-state index in [4.69, 9.17) is 11.6 Å². The summed E-state index contributed by atoms with van der Waals surface area (Å²) in [7, 11) is -4.14. The van der Waals surface area contributed by atoms with Crippen molar-refractivity contribution in [2.24, 2.45) is 0 Å². The first-order valence-corrected chi connectivity index (χ1v) is 12.0. The Hall–Kier alpha value is -2.54. The van der Waals surface area contributed by atoms with Crippen LogP contribution in [0.3, 0.4) is 0 Å². The molecule has 1 saturated carbocycles. The number of nitrogens with zero attached hydrogens (tertiary/aromatic N) is 3. The van der Waals surface area contributed by atoms with Crippen molar-refractivity contribution in [3.05, 3.63) is 46.6 Å². The Morgan fingerprint density at radius 1 is 1.31 bits per heavy atom. The number of nitriles is 1. The molecule has 0 unspecified atom stereocenters. The Kier molecular flexibility index (Phi) is 6.21. The molecule has 32 heavy (non-hydrogen) atoms. The van der Waals surface area contributed by atoms with Gasteiger partial charge in [0.2, 0.25) is 10.0 Å². The van der Waals surface area contributed by atoms with Gasteiger partial charge < -0.3 is 4.57 Å². The van der Waals surface area contributed by atoms with Gasteiger partial charge in [-0.15, -0.1) is 0 Å². The number of hydrogen-bond donors (Lipinski definition) is 1. The molecule has 0 saturated heterocycles. The molecule has 1 aliphatic carbocycles. The molecule has 0 radical (unpaired) electrons. The van der Waals surface area contributed by atoms with Gasteiger partial charge in [0.15, 0.2) is 0 Å². The van der Waals surface area contributed by atoms with E-state index >= 15 is 0 Å². The molecule has 1 N–H and O–H groups in total. The fourth-order valence-electron chi connectivity index (χ4n) is 3.90. The molecule has 10 heteroatoms. The Balaban J connectivity index is 1.84. The minimum absolute atomic E-state index is 0.190. The lowest BCUT2D eigenvalue weighted by Gasteiger charge is -2.30. The first-order valence-electron chi connectivity index (χ1n) is 10.2. The van der Waals surface area contributed by atoms with E-state index in [0.29, 0.717) is 22.0 Å². The molecule has 2 heterocycles. The van der Waals surface area contributed by atoms with Crippen molar-refractivity contribution in [1.29, 1.82) is 5.26 Å². The predicted molar refractivity (Wildman–Crippen MR) is 119 cm³/mol. The van der Waals surface area contributed by atoms with Gasteiger partial charge in [0.1, 0.15) is 24.3 Å². The molecule has 0 amide bonds. The highest BCUT2D eigenvalue weighted by molar-refractivity contribution is 7.89. The van der Waals surface area contributed by atoms with Crippen molar-refractivity contribution in [2.75, 3.05) is 13.3 Å². The molecule has 1 fully saturated rings. The van der Waals surface area contributed by atoms with E-state index in [1.165, 1.54) is 12.1 Å². The minimum Gasteiger partial charge on any atom is -0.335 e. The number of sulfonamides is 1. The number of aryl methyl sites for hydroxylation is 1. The van der Waals surface area contributed by atoms with Crippen LogP contribution in [0.15, 0.2) is 35.4 Å². The van der Waals surface area contributed by atoms with Crippen LogP contribution in [0.25, 0.3) is 22.3 Å². The first-order chi connectivity index (χ1) is 15.3. The number of hydrogen-bond acceptors (Lipinski definition) is 4. The van der Waals surface area contributed by atoms with Crippen LogP contribution in [-0.4, -0.2) is 37.4 Å². The van der Waals surface area contributed by atoms with Crippen molar-refractivity contribution in [2.45, 2.75) is 43.2 Å². The highest BCUT2D eigenvalue weighted by Gasteiger charge is 2.29. The molecule has 3 aromatic rings. The second-order valence-corrected chi connectivity index (χ2v) is 10.0. The number of halogens is 3. The number of rotatable bonds is 7. The molecule has 0 spiro atoms. The van der Waals surface area contributed by atoms with E-state index in [1.54, 1.807) is 0 Å². The van der Waals surface area contributed by atoms with E-state index in [2.05, 4.69) is 15.6 Å². The third-order valence-corrected chi connectivity index (χ3v) is 7.73. The quantitative estimate of drug-likeness (QED) is 0.526. The molecule has 1 aliphatic rings. The highest BCUT2D eigenvalue weighted by Crippen LogP contribution is 2.43. The number of fused-ring (bicyclic) bond motifs is 1. The fraction of sp³-hybridized carbons (Fsp3) is 0.364. The van der Waals surface area contributed by atoms with Gasteiger partial charge in [-0.1, -0.05) is 11.6 Å². The standard InChI is InChI=1S/C22H21ClF2N4O2S/c1-13-7-17-18(11-26)22(29(15-3-2-4-15)21(17)8-19(13)23)20-6-5-16(12-27-20)32(30,31)28-14(9-24)10-25/h5-8,12,14-15,28H,2-4,9-10H2,1H3. The first kappa shape index (κ1) is 22.6. The summed E-state index contributed by atoms with van der Waals surface area (Å²) in [6, 6.07) is 7.58. The number of alkyl halides is 2. The van der Waals surface area contributed by atoms with Crippen LogP contribution in [0.5, 0.6) is 0 Å². The molecular formula is C22H21ClF2N4O2S. The molecule has 2 aromatic heterocycles. The summed E-state index contributed by atoms with van der Waals surface area (Å²) in [6.45, 7) is -0.442. The summed E-state index contributed by atoms with van der Waals surface area (Å²) in [5.41, 5.74) is 3.18. The van der Waals surface area contributed by atoms with Gasteiger partial charge in [-0.05, 0) is 56.0 Å². The van der Waals surface area contributed by atoms with Crippen molar-refractivity contribution in [3.8, 4) is 17.5 Å². The number of pyridine rings is 1. The second kappa shape index (κ2) is 8.77. The number of benzene rings is 1. The zero-order valence-electron chi connectivity index (χ0n) is 17.3. The van der Waals surface area contributed by atoms with Gasteiger partial charge in [-0.2, -0.15) is 5.26 Å². The van der Waals surface area contributed by atoms with Crippen LogP contribution in [0.1, 0.15) is 36.4 Å². The van der Waals surface area contributed by atoms with Crippen LogP contribution in [0, 0.1) is 18.3 Å². The summed E-state index contributed by atoms with van der Waals surface area (Å²) >= 11 is 6.37. The van der Waals surface area contributed by atoms with Gasteiger partial charge >= 0.3 is 0 Å². The van der Waals surface area contributed by atoms with Crippen LogP contribution in [0.2, 0.25) is 5.02 Å². The largest absolute Gasteiger partial charge is 0.335 e. The summed E-state index contributed by atoms with van der Waals surface area (Å²) < 4.78 is 54.4. The average Bonchev–Trinajstić information content (AvgIpc) is 3.04. The van der Waals surface area contributed by atoms with Crippen LogP contribution >= 0.6 is 11.6 Å². The molecule has 0 atom stereocenters. The Labute approximate surface area is 189 Å². The monoisotopic (exact) mass is 478 g/mol. The third-order valence-electron chi connectivity index (χ3n) is 5.82. The lowest BCUT2D eigenvalue weighted by Crippen LogP contribution is -2.37. The van der Waals surface area contributed by atoms with E-state index in [9.17, 15) is 22.5 Å². The zero-order chi connectivity index (χ0) is 23.0. The van der Waals surface area contributed by atoms with Crippen molar-refractivity contribution in [1.82, 2.24) is 14.3 Å². The maximum Gasteiger partial charge on any atom is 0.242 e. The third kappa shape index (κ3) is 3.87. The lowest BCUT2D eigenvalue weighted by molar-refractivity contribution is 0.324. The van der Waals surface area contributed by atoms with Crippen molar-refractivity contribution >= 4 is 32.5 Å². The van der Waals surface area contributed by atoms with Crippen molar-refractivity contribution < 1.29 is 17.2 Å². The Morgan fingerprint density at radius 3 is 2.56 bits per heavy atom. The van der Waals surface area contributed by atoms with E-state index in [1.807, 2.05) is 23.8 Å². The second-order valence-electron chi connectivity index (χ2n) is 7.91. The maximum atomic E-state index is 12.8. The summed E-state index contributed by atoms with van der Waals surface area (Å²) in [6.07, 6.45) is 4.12. The van der Waals surface area contributed by atoms with E-state index in [0.717, 1.165) is 41.9 Å². The van der Waals surface area contributed by atoms with Crippen molar-refractivity contribution in [3.63, 3.8) is 0 Å². The molecule has 0 aliphatic heterocycles. The van der Waals surface area contributed by atoms with Crippen LogP contribution in [-0.2, 0) is 10.0 Å². The zero-order valence-corrected chi connectivity index (χ0v) is 18.8.